The van der Waals surface area contributed by atoms with Gasteiger partial charge < -0.3 is 4.42 Å². The summed E-state index contributed by atoms with van der Waals surface area (Å²) in [5, 5.41) is 1.99. The summed E-state index contributed by atoms with van der Waals surface area (Å²) < 4.78 is 4.95. The van der Waals surface area contributed by atoms with Crippen LogP contribution in [0.4, 0.5) is 0 Å². The molecule has 0 aromatic carbocycles. The van der Waals surface area contributed by atoms with Crippen molar-refractivity contribution in [2.45, 2.75) is 0 Å². The molecule has 3 heteroatoms. The molecule has 49 valence electrons. The summed E-state index contributed by atoms with van der Waals surface area (Å²) in [5.74, 6) is 0.648. The van der Waals surface area contributed by atoms with E-state index in [1.807, 2.05) is 17.5 Å². The molecule has 2 rings (SSSR count). The van der Waals surface area contributed by atoms with Crippen LogP contribution in [-0.2, 0) is 0 Å². The van der Waals surface area contributed by atoms with E-state index in [-0.39, 0.29) is 0 Å². The monoisotopic (exact) mass is 150 g/mol. The van der Waals surface area contributed by atoms with E-state index < -0.39 is 0 Å². The minimum absolute atomic E-state index is 0.648. The Morgan fingerprint density at radius 1 is 1.60 bits per heavy atom. The highest BCUT2D eigenvalue weighted by Gasteiger charge is 2.00. The average molecular weight is 150 g/mol. The number of hydrogen-bond acceptors (Lipinski definition) is 3. The van der Waals surface area contributed by atoms with Crippen LogP contribution in [0, 0.1) is 6.26 Å². The number of nitrogens with zero attached hydrogens (tertiary/aromatic N) is 1. The van der Waals surface area contributed by atoms with Crippen LogP contribution in [-0.4, -0.2) is 4.98 Å². The number of hydrogen-bond donors (Lipinski definition) is 0. The maximum absolute atomic E-state index is 4.95. The maximum Gasteiger partial charge on any atom is 0.237 e. The fourth-order valence-electron chi connectivity index (χ4n) is 0.708. The van der Waals surface area contributed by atoms with Crippen molar-refractivity contribution in [3.63, 3.8) is 0 Å². The van der Waals surface area contributed by atoms with E-state index >= 15 is 0 Å². The molecule has 0 unspecified atom stereocenters. The molecule has 0 N–H and O–H groups in total. The van der Waals surface area contributed by atoms with Crippen molar-refractivity contribution < 1.29 is 4.42 Å². The van der Waals surface area contributed by atoms with Crippen LogP contribution in [0.2, 0.25) is 0 Å². The van der Waals surface area contributed by atoms with Crippen molar-refractivity contribution in [3.05, 3.63) is 30.0 Å². The standard InChI is InChI=1S/C7H4NOS/c1-2-6(10-5-1)7-8-3-4-9-7/h1-3,5H. The van der Waals surface area contributed by atoms with E-state index in [9.17, 15) is 0 Å². The summed E-state index contributed by atoms with van der Waals surface area (Å²) in [4.78, 5) is 4.99. The van der Waals surface area contributed by atoms with Crippen molar-refractivity contribution in [2.24, 2.45) is 0 Å². The highest BCUT2D eigenvalue weighted by atomic mass is 32.1. The van der Waals surface area contributed by atoms with Gasteiger partial charge in [0.05, 0.1) is 11.1 Å². The molecule has 10 heavy (non-hydrogen) atoms. The van der Waals surface area contributed by atoms with Gasteiger partial charge in [0, 0.05) is 0 Å². The largest absolute Gasteiger partial charge is 0.432 e. The van der Waals surface area contributed by atoms with Crippen LogP contribution < -0.4 is 0 Å². The maximum atomic E-state index is 4.95. The smallest absolute Gasteiger partial charge is 0.237 e. The van der Waals surface area contributed by atoms with Crippen LogP contribution in [0.25, 0.3) is 10.8 Å². The van der Waals surface area contributed by atoms with Crippen LogP contribution in [0.5, 0.6) is 0 Å². The quantitative estimate of drug-likeness (QED) is 0.622. The van der Waals surface area contributed by atoms with Crippen LogP contribution in [0.15, 0.2) is 28.1 Å². The molecular formula is C7H4NOS. The summed E-state index contributed by atoms with van der Waals surface area (Å²) in [6.45, 7) is 0. The van der Waals surface area contributed by atoms with Gasteiger partial charge in [-0.15, -0.1) is 11.3 Å². The Kier molecular flexibility index (Phi) is 1.29. The molecule has 2 heterocycles. The first kappa shape index (κ1) is 5.68. The average Bonchev–Trinajstić information content (AvgIpc) is 2.59. The van der Waals surface area contributed by atoms with Crippen LogP contribution >= 0.6 is 11.3 Å². The number of rotatable bonds is 1. The number of oxazole rings is 1. The van der Waals surface area contributed by atoms with Gasteiger partial charge in [-0.2, -0.15) is 0 Å². The molecular weight excluding hydrogens is 146 g/mol. The summed E-state index contributed by atoms with van der Waals surface area (Å²) in [5.41, 5.74) is 0. The number of thiophene rings is 1. The molecule has 1 radical (unpaired) electrons. The van der Waals surface area contributed by atoms with Gasteiger partial charge in [0.2, 0.25) is 5.89 Å². The van der Waals surface area contributed by atoms with E-state index in [0.29, 0.717) is 5.89 Å². The lowest BCUT2D eigenvalue weighted by molar-refractivity contribution is 0.567. The second-order valence-corrected chi connectivity index (χ2v) is 2.71. The van der Waals surface area contributed by atoms with Gasteiger partial charge in [0.25, 0.3) is 0 Å². The summed E-state index contributed by atoms with van der Waals surface area (Å²) >= 11 is 1.60. The normalized spacial score (nSPS) is 10.0. The zero-order valence-corrected chi connectivity index (χ0v) is 5.89. The Balaban J connectivity index is 2.48. The van der Waals surface area contributed by atoms with Gasteiger partial charge in [-0.25, -0.2) is 4.98 Å². The zero-order valence-electron chi connectivity index (χ0n) is 5.07. The summed E-state index contributed by atoms with van der Waals surface area (Å²) in [7, 11) is 0. The fraction of sp³-hybridized carbons (Fsp3) is 0. The van der Waals surface area contributed by atoms with Gasteiger partial charge in [-0.05, 0) is 11.4 Å². The minimum Gasteiger partial charge on any atom is -0.432 e. The molecule has 0 bridgehead atoms. The second kappa shape index (κ2) is 2.27. The van der Waals surface area contributed by atoms with Crippen LogP contribution in [0.3, 0.4) is 0 Å². The Labute approximate surface area is 62.1 Å². The molecule has 0 saturated heterocycles. The predicted octanol–water partition coefficient (Wildman–Crippen LogP) is 2.20. The van der Waals surface area contributed by atoms with Crippen LogP contribution in [0.1, 0.15) is 0 Å². The Hall–Kier alpha value is -1.09. The third-order valence-electron chi connectivity index (χ3n) is 1.12. The zero-order chi connectivity index (χ0) is 6.81. The third kappa shape index (κ3) is 0.844. The molecule has 0 amide bonds. The van der Waals surface area contributed by atoms with Gasteiger partial charge in [-0.3, -0.25) is 0 Å². The van der Waals surface area contributed by atoms with E-state index in [0.717, 1.165) is 4.88 Å². The molecule has 0 aliphatic carbocycles. The van der Waals surface area contributed by atoms with E-state index in [1.165, 1.54) is 6.20 Å². The Bertz CT molecular complexity index is 253. The fourth-order valence-corrected chi connectivity index (χ4v) is 1.36. The third-order valence-corrected chi connectivity index (χ3v) is 1.98. The van der Waals surface area contributed by atoms with Crippen molar-refractivity contribution in [3.8, 4) is 10.8 Å². The lowest BCUT2D eigenvalue weighted by Gasteiger charge is -1.82. The van der Waals surface area contributed by atoms with Crippen molar-refractivity contribution in [1.29, 1.82) is 0 Å². The van der Waals surface area contributed by atoms with Gasteiger partial charge in [0.15, 0.2) is 6.26 Å². The first-order valence-corrected chi connectivity index (χ1v) is 3.70. The highest BCUT2D eigenvalue weighted by molar-refractivity contribution is 7.13. The Morgan fingerprint density at radius 2 is 2.60 bits per heavy atom. The Morgan fingerprint density at radius 3 is 3.20 bits per heavy atom. The van der Waals surface area contributed by atoms with E-state index in [2.05, 4.69) is 11.2 Å². The SMILES string of the molecule is [c]1cnc(-c2cccs2)o1. The van der Waals surface area contributed by atoms with Crippen molar-refractivity contribution in [1.82, 2.24) is 4.98 Å². The first-order valence-electron chi connectivity index (χ1n) is 2.82. The highest BCUT2D eigenvalue weighted by Crippen LogP contribution is 2.21. The molecule has 0 spiro atoms. The summed E-state index contributed by atoms with van der Waals surface area (Å²) in [6, 6.07) is 3.93. The second-order valence-electron chi connectivity index (χ2n) is 1.76. The predicted molar refractivity (Wildman–Crippen MR) is 38.7 cm³/mol. The molecule has 0 atom stereocenters. The molecule has 2 aromatic heterocycles. The molecule has 2 nitrogen and oxygen atoms in total. The molecule has 0 aliphatic rings. The molecule has 0 aliphatic heterocycles. The summed E-state index contributed by atoms with van der Waals surface area (Å²) in [6.07, 6.45) is 4.06. The number of aromatic nitrogens is 1. The van der Waals surface area contributed by atoms with Crippen molar-refractivity contribution in [2.75, 3.05) is 0 Å². The molecule has 0 saturated carbocycles. The molecule has 0 fully saturated rings. The topological polar surface area (TPSA) is 26.0 Å². The first-order chi connectivity index (χ1) is 4.97. The lowest BCUT2D eigenvalue weighted by Crippen LogP contribution is -1.65. The van der Waals surface area contributed by atoms with Gasteiger partial charge in [-0.1, -0.05) is 6.07 Å². The minimum atomic E-state index is 0.648. The van der Waals surface area contributed by atoms with Gasteiger partial charge >= 0.3 is 0 Å². The van der Waals surface area contributed by atoms with Gasteiger partial charge in [0.1, 0.15) is 0 Å². The van der Waals surface area contributed by atoms with Crippen molar-refractivity contribution >= 4 is 11.3 Å². The van der Waals surface area contributed by atoms with E-state index in [1.54, 1.807) is 11.3 Å². The van der Waals surface area contributed by atoms with E-state index in [4.69, 9.17) is 4.42 Å². The lowest BCUT2D eigenvalue weighted by atomic mass is 10.5. The molecule has 2 aromatic rings.